The van der Waals surface area contributed by atoms with Crippen molar-refractivity contribution < 1.29 is 18.9 Å². The minimum Gasteiger partial charge on any atom is -0.497 e. The number of anilines is 2. The van der Waals surface area contributed by atoms with Crippen molar-refractivity contribution in [3.8, 4) is 5.75 Å². The number of benzene rings is 1. The lowest BCUT2D eigenvalue weighted by molar-refractivity contribution is 0.0995. The molecule has 5 aliphatic carbocycles. The van der Waals surface area contributed by atoms with Crippen molar-refractivity contribution in [2.24, 2.45) is 28.7 Å². The Kier molecular flexibility index (Phi) is 17.0. The summed E-state index contributed by atoms with van der Waals surface area (Å²) in [5.74, 6) is 5.53. The smallest absolute Gasteiger partial charge is 0.225 e. The summed E-state index contributed by atoms with van der Waals surface area (Å²) >= 11 is 0. The third kappa shape index (κ3) is 12.7. The molecule has 5 N–H and O–H groups in total. The van der Waals surface area contributed by atoms with Crippen molar-refractivity contribution in [2.75, 3.05) is 58.7 Å². The molecule has 1 aromatic carbocycles. The van der Waals surface area contributed by atoms with E-state index in [0.29, 0.717) is 31.5 Å². The van der Waals surface area contributed by atoms with E-state index in [9.17, 15) is 0 Å². The number of ether oxygens (including phenoxy) is 4. The quantitative estimate of drug-likeness (QED) is 0.0605. The average Bonchev–Trinajstić information content (AvgIpc) is 3.39. The van der Waals surface area contributed by atoms with Crippen LogP contribution < -0.4 is 31.3 Å². The van der Waals surface area contributed by atoms with Gasteiger partial charge in [-0.3, -0.25) is 5.32 Å². The van der Waals surface area contributed by atoms with E-state index in [4.69, 9.17) is 33.9 Å². The van der Waals surface area contributed by atoms with E-state index in [1.54, 1.807) is 28.4 Å². The molecule has 12 nitrogen and oxygen atoms in total. The highest BCUT2D eigenvalue weighted by atomic mass is 16.5. The molecule has 1 unspecified atom stereocenters. The first-order chi connectivity index (χ1) is 33.8. The lowest BCUT2D eigenvalue weighted by Crippen LogP contribution is -2.55. The molecule has 6 aliphatic rings. The van der Waals surface area contributed by atoms with E-state index in [2.05, 4.69) is 130 Å². The van der Waals surface area contributed by atoms with Gasteiger partial charge >= 0.3 is 0 Å². The third-order valence-electron chi connectivity index (χ3n) is 13.8. The van der Waals surface area contributed by atoms with E-state index in [1.807, 2.05) is 37.3 Å². The fourth-order valence-electron chi connectivity index (χ4n) is 9.99. The molecule has 1 aliphatic heterocycles. The first kappa shape index (κ1) is 48.8. The molecule has 362 valence electrons. The molecule has 0 amide bonds. The monoisotopic (exact) mass is 931 g/mol. The zero-order valence-corrected chi connectivity index (χ0v) is 40.9. The van der Waals surface area contributed by atoms with Crippen LogP contribution in [0, 0.1) is 23.7 Å². The van der Waals surface area contributed by atoms with Crippen molar-refractivity contribution in [3.63, 3.8) is 0 Å². The molecule has 1 fully saturated rings. The number of nitrogens with zero attached hydrogens (tertiary/aromatic N) is 3. The van der Waals surface area contributed by atoms with Crippen LogP contribution in [0.5, 0.6) is 5.75 Å². The van der Waals surface area contributed by atoms with Gasteiger partial charge in [-0.1, -0.05) is 96.7 Å². The van der Waals surface area contributed by atoms with Gasteiger partial charge < -0.3 is 40.2 Å². The summed E-state index contributed by atoms with van der Waals surface area (Å²) in [5, 5.41) is 18.7. The minimum absolute atomic E-state index is 0.0747. The number of aromatic nitrogens is 2. The van der Waals surface area contributed by atoms with Gasteiger partial charge in [-0.25, -0.2) is 9.98 Å². The first-order valence-corrected chi connectivity index (χ1v) is 24.5. The number of amidine groups is 1. The molecule has 69 heavy (non-hydrogen) atoms. The zero-order valence-electron chi connectivity index (χ0n) is 40.9. The lowest BCUT2D eigenvalue weighted by atomic mass is 9.49. The van der Waals surface area contributed by atoms with Crippen LogP contribution >= 0.6 is 0 Å². The largest absolute Gasteiger partial charge is 0.497 e. The van der Waals surface area contributed by atoms with Gasteiger partial charge in [-0.15, -0.1) is 0 Å². The van der Waals surface area contributed by atoms with Crippen molar-refractivity contribution >= 4 is 17.6 Å². The molecule has 1 aromatic heterocycles. The highest BCUT2D eigenvalue weighted by Crippen LogP contribution is 2.62. The Balaban J connectivity index is 1.15. The van der Waals surface area contributed by atoms with Gasteiger partial charge in [0.1, 0.15) is 28.9 Å². The Morgan fingerprint density at radius 3 is 2.23 bits per heavy atom. The SMILES string of the molecule is C=C(/C=C\C(=C/C)OC)CNc1nc(NCC2=CC[C@H](OC)C=C2)cc([C@H]2[C@@H](C3=CC=CCC3)[C@H](C3=CC(NCc4ccc(OC)cc4)=NC(NC[C@H]4C=CC(OC)=CC4)N3)[C@@H]2C2=CC=CCC2)n1. The number of allylic oxidation sites excluding steroid dienone is 13. The number of nitrogens with one attached hydrogen (secondary N) is 5. The Labute approximate surface area is 409 Å². The van der Waals surface area contributed by atoms with Crippen LogP contribution in [0.4, 0.5) is 11.8 Å². The summed E-state index contributed by atoms with van der Waals surface area (Å²) in [6.07, 6.45) is 40.3. The molecule has 0 bridgehead atoms. The zero-order chi connectivity index (χ0) is 48.0. The van der Waals surface area contributed by atoms with Crippen molar-refractivity contribution in [1.82, 2.24) is 25.9 Å². The van der Waals surface area contributed by atoms with Crippen LogP contribution in [0.15, 0.2) is 179 Å². The van der Waals surface area contributed by atoms with Gasteiger partial charge in [0, 0.05) is 56.9 Å². The second-order valence-corrected chi connectivity index (χ2v) is 18.2. The Morgan fingerprint density at radius 1 is 0.826 bits per heavy atom. The van der Waals surface area contributed by atoms with Gasteiger partial charge in [0.15, 0.2) is 6.29 Å². The summed E-state index contributed by atoms with van der Waals surface area (Å²) in [6.45, 7) is 8.76. The minimum atomic E-state index is -0.340. The highest BCUT2D eigenvalue weighted by molar-refractivity contribution is 5.94. The summed E-state index contributed by atoms with van der Waals surface area (Å²) in [6, 6.07) is 10.4. The van der Waals surface area contributed by atoms with Gasteiger partial charge in [-0.2, -0.15) is 4.98 Å². The Bertz CT molecular complexity index is 2480. The van der Waals surface area contributed by atoms with Crippen molar-refractivity contribution in [1.29, 1.82) is 0 Å². The molecule has 0 radical (unpaired) electrons. The molecule has 12 heteroatoms. The van der Waals surface area contributed by atoms with E-state index >= 15 is 0 Å². The number of rotatable bonds is 21. The molecule has 2 aromatic rings. The van der Waals surface area contributed by atoms with Crippen LogP contribution in [0.25, 0.3) is 0 Å². The Hall–Kier alpha value is -6.63. The van der Waals surface area contributed by atoms with Gasteiger partial charge in [-0.05, 0) is 122 Å². The van der Waals surface area contributed by atoms with Crippen LogP contribution in [-0.4, -0.2) is 76.3 Å². The summed E-state index contributed by atoms with van der Waals surface area (Å²) in [5.41, 5.74) is 8.29. The van der Waals surface area contributed by atoms with Crippen LogP contribution in [0.2, 0.25) is 0 Å². The summed E-state index contributed by atoms with van der Waals surface area (Å²) in [4.78, 5) is 15.7. The summed E-state index contributed by atoms with van der Waals surface area (Å²) in [7, 11) is 6.84. The highest BCUT2D eigenvalue weighted by Gasteiger charge is 2.56. The molecular weight excluding hydrogens is 861 g/mol. The molecule has 2 heterocycles. The van der Waals surface area contributed by atoms with Gasteiger partial charge in [0.2, 0.25) is 5.95 Å². The second-order valence-electron chi connectivity index (χ2n) is 18.2. The molecular formula is C57H70N8O4. The van der Waals surface area contributed by atoms with Crippen LogP contribution in [0.3, 0.4) is 0 Å². The topological polar surface area (TPSA) is 135 Å². The second kappa shape index (κ2) is 24.1. The molecule has 5 atom stereocenters. The predicted octanol–water partition coefficient (Wildman–Crippen LogP) is 10.0. The number of hydrogen-bond donors (Lipinski definition) is 5. The maximum atomic E-state index is 5.58. The van der Waals surface area contributed by atoms with E-state index in [-0.39, 0.29) is 36.1 Å². The van der Waals surface area contributed by atoms with Crippen molar-refractivity contribution in [2.45, 2.75) is 70.3 Å². The lowest BCUT2D eigenvalue weighted by Gasteiger charge is -2.56. The molecule has 0 spiro atoms. The van der Waals surface area contributed by atoms with E-state index < -0.39 is 0 Å². The number of methoxy groups -OCH3 is 4. The normalized spacial score (nSPS) is 25.2. The summed E-state index contributed by atoms with van der Waals surface area (Å²) < 4.78 is 22.0. The average molecular weight is 931 g/mol. The molecule has 1 saturated carbocycles. The van der Waals surface area contributed by atoms with Gasteiger partial charge in [0.05, 0.1) is 33.1 Å². The maximum absolute atomic E-state index is 5.58. The Morgan fingerprint density at radius 2 is 1.61 bits per heavy atom. The molecule has 0 saturated heterocycles. The third-order valence-corrected chi connectivity index (χ3v) is 13.8. The predicted molar refractivity (Wildman–Crippen MR) is 279 cm³/mol. The van der Waals surface area contributed by atoms with Crippen LogP contribution in [-0.2, 0) is 20.8 Å². The number of hydrogen-bond acceptors (Lipinski definition) is 12. The van der Waals surface area contributed by atoms with Crippen molar-refractivity contribution in [3.05, 3.63) is 185 Å². The number of aliphatic imine (C=N–C) groups is 1. The maximum Gasteiger partial charge on any atom is 0.225 e. The van der Waals surface area contributed by atoms with E-state index in [1.165, 1.54) is 22.4 Å². The fraction of sp³-hybridized carbons (Fsp3) is 0.386. The fourth-order valence-corrected chi connectivity index (χ4v) is 9.99. The van der Waals surface area contributed by atoms with Gasteiger partial charge in [0.25, 0.3) is 0 Å². The molecule has 8 rings (SSSR count). The first-order valence-electron chi connectivity index (χ1n) is 24.5. The standard InChI is InChI=1S/C57H70N8O4/c1-7-44(66-3)25-18-38(2)34-60-56-62-48(32-50(64-56)58-35-39-19-26-45(67-4)27-20-39)54-52(42-14-10-8-11-15-42)55(53(54)43-16-12-9-13-17-43)49-33-51(59-36-40-21-28-46(68-5)29-22-40)65-57(63-49)61-37-41-23-30-47(69-6)31-24-41/h7-10,12,14,16,18-23,25-26,28-33,41,45,52-55,57,61,63H,2,11,13,15,17,24,27,34-37H2,1,3-6H3,(H,59,65)(H2,58,60,62,64)/b25-18-,44-7+/t41-,45+,52+,53+,54-,55-,57?/m0/s1. The van der Waals surface area contributed by atoms with Crippen LogP contribution in [0.1, 0.15) is 62.6 Å². The van der Waals surface area contributed by atoms with E-state index in [0.717, 1.165) is 90.8 Å².